The van der Waals surface area contributed by atoms with Gasteiger partial charge >= 0.3 is 0 Å². The van der Waals surface area contributed by atoms with E-state index in [0.29, 0.717) is 5.92 Å². The van der Waals surface area contributed by atoms with Crippen molar-refractivity contribution < 1.29 is 9.47 Å². The third kappa shape index (κ3) is 9.98. The Kier molecular flexibility index (Phi) is 11.7. The molecule has 0 aliphatic carbocycles. The fourth-order valence-electron chi connectivity index (χ4n) is 2.14. The molecule has 1 rings (SSSR count). The predicted molar refractivity (Wildman–Crippen MR) is 91.3 cm³/mol. The molecule has 0 aromatic carbocycles. The van der Waals surface area contributed by atoms with Gasteiger partial charge in [0.2, 0.25) is 0 Å². The van der Waals surface area contributed by atoms with Crippen molar-refractivity contribution >= 4 is 17.7 Å². The molecule has 0 spiro atoms. The van der Waals surface area contributed by atoms with Crippen LogP contribution >= 0.6 is 11.8 Å². The Morgan fingerprint density at radius 3 is 2.76 bits per heavy atom. The molecule has 1 heterocycles. The van der Waals surface area contributed by atoms with Gasteiger partial charge in [-0.05, 0) is 37.7 Å². The van der Waals surface area contributed by atoms with Gasteiger partial charge in [0.15, 0.2) is 5.96 Å². The number of ether oxygens (including phenoxy) is 2. The number of rotatable bonds is 11. The first kappa shape index (κ1) is 18.6. The highest BCUT2D eigenvalue weighted by Gasteiger charge is 2.15. The number of unbranched alkanes of at least 4 members (excludes halogenated alkanes) is 1. The van der Waals surface area contributed by atoms with Gasteiger partial charge in [-0.2, -0.15) is 11.8 Å². The standard InChI is InChI=1S/C15H31N3O2S/c1-16-15(17-7-3-4-11-21-2)18-8-5-9-19-12-14-6-10-20-13-14/h14H,3-13H2,1-2H3,(H2,16,17,18). The number of nitrogens with zero attached hydrogens (tertiary/aromatic N) is 1. The van der Waals surface area contributed by atoms with Crippen molar-refractivity contribution in [1.29, 1.82) is 0 Å². The quantitative estimate of drug-likeness (QED) is 0.345. The van der Waals surface area contributed by atoms with E-state index >= 15 is 0 Å². The number of hydrogen-bond acceptors (Lipinski definition) is 4. The summed E-state index contributed by atoms with van der Waals surface area (Å²) in [5.74, 6) is 2.73. The Labute approximate surface area is 133 Å². The smallest absolute Gasteiger partial charge is 0.190 e. The van der Waals surface area contributed by atoms with Crippen LogP contribution in [0.3, 0.4) is 0 Å². The monoisotopic (exact) mass is 317 g/mol. The van der Waals surface area contributed by atoms with Crippen LogP contribution in [0.1, 0.15) is 25.7 Å². The van der Waals surface area contributed by atoms with E-state index in [1.807, 2.05) is 18.8 Å². The summed E-state index contributed by atoms with van der Waals surface area (Å²) in [5.41, 5.74) is 0. The third-order valence-electron chi connectivity index (χ3n) is 3.43. The van der Waals surface area contributed by atoms with Gasteiger partial charge in [-0.15, -0.1) is 0 Å². The van der Waals surface area contributed by atoms with Gasteiger partial charge in [0.25, 0.3) is 0 Å². The molecule has 0 bridgehead atoms. The summed E-state index contributed by atoms with van der Waals surface area (Å²) in [6, 6.07) is 0. The topological polar surface area (TPSA) is 54.9 Å². The van der Waals surface area contributed by atoms with Crippen LogP contribution < -0.4 is 10.6 Å². The molecule has 5 nitrogen and oxygen atoms in total. The molecule has 0 radical (unpaired) electrons. The van der Waals surface area contributed by atoms with Crippen LogP contribution in [0.25, 0.3) is 0 Å². The van der Waals surface area contributed by atoms with Crippen LogP contribution in [-0.4, -0.2) is 64.5 Å². The number of aliphatic imine (C=N–C) groups is 1. The van der Waals surface area contributed by atoms with Crippen molar-refractivity contribution in [2.45, 2.75) is 25.7 Å². The van der Waals surface area contributed by atoms with Gasteiger partial charge in [0.05, 0.1) is 13.2 Å². The highest BCUT2D eigenvalue weighted by atomic mass is 32.2. The van der Waals surface area contributed by atoms with E-state index in [2.05, 4.69) is 21.9 Å². The van der Waals surface area contributed by atoms with E-state index < -0.39 is 0 Å². The largest absolute Gasteiger partial charge is 0.381 e. The molecule has 1 fully saturated rings. The van der Waals surface area contributed by atoms with E-state index in [1.54, 1.807) is 0 Å². The van der Waals surface area contributed by atoms with Crippen molar-refractivity contribution in [2.24, 2.45) is 10.9 Å². The minimum absolute atomic E-state index is 0.605. The molecule has 2 N–H and O–H groups in total. The van der Waals surface area contributed by atoms with Crippen LogP contribution in [0.4, 0.5) is 0 Å². The van der Waals surface area contributed by atoms with E-state index in [4.69, 9.17) is 9.47 Å². The summed E-state index contributed by atoms with van der Waals surface area (Å²) < 4.78 is 11.0. The van der Waals surface area contributed by atoms with Gasteiger partial charge in [-0.3, -0.25) is 4.99 Å². The summed E-state index contributed by atoms with van der Waals surface area (Å²) >= 11 is 1.90. The average molecular weight is 317 g/mol. The van der Waals surface area contributed by atoms with Crippen molar-refractivity contribution in [1.82, 2.24) is 10.6 Å². The lowest BCUT2D eigenvalue weighted by atomic mass is 10.1. The SMILES string of the molecule is CN=C(NCCCCSC)NCCCOCC1CCOC1. The van der Waals surface area contributed by atoms with Crippen LogP contribution in [0.15, 0.2) is 4.99 Å². The first-order chi connectivity index (χ1) is 10.4. The molecule has 0 aromatic heterocycles. The molecule has 0 saturated carbocycles. The summed E-state index contributed by atoms with van der Waals surface area (Å²) in [6.07, 6.45) is 6.74. The minimum Gasteiger partial charge on any atom is -0.381 e. The molecule has 0 aromatic rings. The maximum absolute atomic E-state index is 5.68. The second-order valence-corrected chi connectivity index (χ2v) is 6.27. The van der Waals surface area contributed by atoms with E-state index in [9.17, 15) is 0 Å². The molecule has 1 aliphatic heterocycles. The molecule has 1 saturated heterocycles. The lowest BCUT2D eigenvalue weighted by Gasteiger charge is -2.12. The Balaban J connectivity index is 1.89. The lowest BCUT2D eigenvalue weighted by Crippen LogP contribution is -2.38. The van der Waals surface area contributed by atoms with Gasteiger partial charge in [0.1, 0.15) is 0 Å². The second-order valence-electron chi connectivity index (χ2n) is 5.28. The number of nitrogens with one attached hydrogen (secondary N) is 2. The molecule has 6 heteroatoms. The lowest BCUT2D eigenvalue weighted by molar-refractivity contribution is 0.0888. The molecule has 1 unspecified atom stereocenters. The fourth-order valence-corrected chi connectivity index (χ4v) is 2.64. The normalized spacial score (nSPS) is 19.0. The highest BCUT2D eigenvalue weighted by Crippen LogP contribution is 2.12. The summed E-state index contributed by atoms with van der Waals surface area (Å²) in [6.45, 7) is 5.28. The van der Waals surface area contributed by atoms with Crippen LogP contribution in [0.2, 0.25) is 0 Å². The van der Waals surface area contributed by atoms with Gasteiger partial charge in [-0.1, -0.05) is 0 Å². The number of thioether (sulfide) groups is 1. The Bertz CT molecular complexity index is 272. The number of hydrogen-bond donors (Lipinski definition) is 2. The van der Waals surface area contributed by atoms with Crippen LogP contribution in [-0.2, 0) is 9.47 Å². The molecular weight excluding hydrogens is 286 g/mol. The van der Waals surface area contributed by atoms with Crippen molar-refractivity contribution in [3.05, 3.63) is 0 Å². The van der Waals surface area contributed by atoms with Crippen molar-refractivity contribution in [3.8, 4) is 0 Å². The van der Waals surface area contributed by atoms with E-state index in [-0.39, 0.29) is 0 Å². The summed E-state index contributed by atoms with van der Waals surface area (Å²) in [7, 11) is 1.81. The maximum atomic E-state index is 5.68. The Morgan fingerprint density at radius 1 is 1.29 bits per heavy atom. The fraction of sp³-hybridized carbons (Fsp3) is 0.933. The zero-order chi connectivity index (χ0) is 15.2. The van der Waals surface area contributed by atoms with Crippen molar-refractivity contribution in [3.63, 3.8) is 0 Å². The average Bonchev–Trinajstić information content (AvgIpc) is 3.01. The maximum Gasteiger partial charge on any atom is 0.190 e. The van der Waals surface area contributed by atoms with E-state index in [0.717, 1.165) is 58.3 Å². The number of guanidine groups is 1. The molecule has 21 heavy (non-hydrogen) atoms. The third-order valence-corrected chi connectivity index (χ3v) is 4.12. The van der Waals surface area contributed by atoms with Gasteiger partial charge in [-0.25, -0.2) is 0 Å². The summed E-state index contributed by atoms with van der Waals surface area (Å²) in [4.78, 5) is 4.22. The molecule has 124 valence electrons. The highest BCUT2D eigenvalue weighted by molar-refractivity contribution is 7.98. The first-order valence-corrected chi connectivity index (χ1v) is 9.35. The molecule has 1 aliphatic rings. The molecule has 0 amide bonds. The van der Waals surface area contributed by atoms with Gasteiger partial charge in [0, 0.05) is 39.3 Å². The van der Waals surface area contributed by atoms with Crippen LogP contribution in [0.5, 0.6) is 0 Å². The van der Waals surface area contributed by atoms with Crippen LogP contribution in [0, 0.1) is 5.92 Å². The Morgan fingerprint density at radius 2 is 2.10 bits per heavy atom. The summed E-state index contributed by atoms with van der Waals surface area (Å²) in [5, 5.41) is 6.65. The zero-order valence-corrected chi connectivity index (χ0v) is 14.3. The van der Waals surface area contributed by atoms with Crippen molar-refractivity contribution in [2.75, 3.05) is 58.6 Å². The molecule has 1 atom stereocenters. The van der Waals surface area contributed by atoms with E-state index in [1.165, 1.54) is 18.6 Å². The second kappa shape index (κ2) is 13.2. The predicted octanol–water partition coefficient (Wildman–Crippen LogP) is 1.74. The van der Waals surface area contributed by atoms with Gasteiger partial charge < -0.3 is 20.1 Å². The first-order valence-electron chi connectivity index (χ1n) is 7.95. The minimum atomic E-state index is 0.605. The molecular formula is C15H31N3O2S. The zero-order valence-electron chi connectivity index (χ0n) is 13.5. The Hall–Kier alpha value is -0.460.